The van der Waals surface area contributed by atoms with Crippen LogP contribution in [0.25, 0.3) is 0 Å². The number of hydrogen-bond acceptors (Lipinski definition) is 3. The Kier molecular flexibility index (Phi) is 3.83. The molecular formula is C11H16ClNO2. The van der Waals surface area contributed by atoms with Crippen molar-refractivity contribution in [2.45, 2.75) is 19.9 Å². The lowest BCUT2D eigenvalue weighted by Gasteiger charge is -2.18. The van der Waals surface area contributed by atoms with E-state index in [2.05, 4.69) is 0 Å². The molecule has 0 aliphatic rings. The van der Waals surface area contributed by atoms with Crippen molar-refractivity contribution >= 4 is 11.6 Å². The van der Waals surface area contributed by atoms with Crippen LogP contribution < -0.4 is 15.2 Å². The number of nitrogens with two attached hydrogens (primary N) is 1. The van der Waals surface area contributed by atoms with E-state index in [1.807, 2.05) is 13.8 Å². The van der Waals surface area contributed by atoms with Crippen molar-refractivity contribution in [3.63, 3.8) is 0 Å². The third-order valence-corrected chi connectivity index (χ3v) is 2.76. The van der Waals surface area contributed by atoms with Gasteiger partial charge in [0.1, 0.15) is 0 Å². The minimum Gasteiger partial charge on any atom is -0.493 e. The van der Waals surface area contributed by atoms with Gasteiger partial charge in [-0.3, -0.25) is 0 Å². The van der Waals surface area contributed by atoms with Crippen LogP contribution in [0.15, 0.2) is 6.07 Å². The monoisotopic (exact) mass is 229 g/mol. The van der Waals surface area contributed by atoms with Gasteiger partial charge in [-0.25, -0.2) is 0 Å². The first-order chi connectivity index (χ1) is 7.02. The van der Waals surface area contributed by atoms with E-state index >= 15 is 0 Å². The zero-order chi connectivity index (χ0) is 11.6. The number of benzene rings is 1. The highest BCUT2D eigenvalue weighted by Crippen LogP contribution is 2.40. The van der Waals surface area contributed by atoms with Crippen LogP contribution in [0.2, 0.25) is 5.02 Å². The molecule has 0 saturated heterocycles. The summed E-state index contributed by atoms with van der Waals surface area (Å²) in [6, 6.07) is 1.59. The molecule has 0 spiro atoms. The molecule has 0 amide bonds. The van der Waals surface area contributed by atoms with Gasteiger partial charge in [-0.05, 0) is 19.4 Å². The van der Waals surface area contributed by atoms with Crippen LogP contribution in [0.3, 0.4) is 0 Å². The van der Waals surface area contributed by atoms with Crippen LogP contribution in [0.5, 0.6) is 11.5 Å². The smallest absolute Gasteiger partial charge is 0.165 e. The summed E-state index contributed by atoms with van der Waals surface area (Å²) < 4.78 is 10.5. The van der Waals surface area contributed by atoms with Gasteiger partial charge >= 0.3 is 0 Å². The van der Waals surface area contributed by atoms with Crippen molar-refractivity contribution in [1.82, 2.24) is 0 Å². The Morgan fingerprint density at radius 2 is 1.93 bits per heavy atom. The van der Waals surface area contributed by atoms with E-state index in [9.17, 15) is 0 Å². The summed E-state index contributed by atoms with van der Waals surface area (Å²) in [6.45, 7) is 3.81. The van der Waals surface area contributed by atoms with Gasteiger partial charge in [0, 0.05) is 22.7 Å². The van der Waals surface area contributed by atoms with Gasteiger partial charge in [0.05, 0.1) is 14.2 Å². The Morgan fingerprint density at radius 1 is 1.33 bits per heavy atom. The van der Waals surface area contributed by atoms with Crippen LogP contribution in [0.1, 0.15) is 24.1 Å². The summed E-state index contributed by atoms with van der Waals surface area (Å²) >= 11 is 6.08. The molecule has 1 unspecified atom stereocenters. The molecule has 0 fully saturated rings. The van der Waals surface area contributed by atoms with E-state index in [-0.39, 0.29) is 6.04 Å². The zero-order valence-electron chi connectivity index (χ0n) is 9.43. The fraction of sp³-hybridized carbons (Fsp3) is 0.455. The number of hydrogen-bond donors (Lipinski definition) is 1. The van der Waals surface area contributed by atoms with E-state index < -0.39 is 0 Å². The maximum Gasteiger partial charge on any atom is 0.165 e. The van der Waals surface area contributed by atoms with Crippen LogP contribution in [-0.2, 0) is 0 Å². The predicted octanol–water partition coefficient (Wildman–Crippen LogP) is 2.69. The number of ether oxygens (including phenoxy) is 2. The highest BCUT2D eigenvalue weighted by molar-refractivity contribution is 6.31. The number of halogens is 1. The fourth-order valence-electron chi connectivity index (χ4n) is 1.63. The van der Waals surface area contributed by atoms with E-state index in [4.69, 9.17) is 26.8 Å². The number of rotatable bonds is 3. The SMILES string of the molecule is COc1cc(Cl)c(C)c(C(C)N)c1OC. The Labute approximate surface area is 95.1 Å². The summed E-state index contributed by atoms with van der Waals surface area (Å²) in [5.74, 6) is 1.27. The first kappa shape index (κ1) is 12.1. The second-order valence-corrected chi connectivity index (χ2v) is 3.83. The molecule has 0 aromatic heterocycles. The Bertz CT molecular complexity index is 364. The van der Waals surface area contributed by atoms with Gasteiger partial charge in [0.2, 0.25) is 0 Å². The van der Waals surface area contributed by atoms with E-state index in [1.165, 1.54) is 0 Å². The summed E-state index contributed by atoms with van der Waals surface area (Å²) in [7, 11) is 3.17. The molecule has 84 valence electrons. The summed E-state index contributed by atoms with van der Waals surface area (Å²) in [5, 5.41) is 0.639. The lowest BCUT2D eigenvalue weighted by atomic mass is 10.0. The summed E-state index contributed by atoms with van der Waals surface area (Å²) in [6.07, 6.45) is 0. The number of methoxy groups -OCH3 is 2. The first-order valence-electron chi connectivity index (χ1n) is 4.69. The topological polar surface area (TPSA) is 44.5 Å². The molecule has 1 atom stereocenters. The Balaban J connectivity index is 3.49. The van der Waals surface area contributed by atoms with Gasteiger partial charge in [0.25, 0.3) is 0 Å². The quantitative estimate of drug-likeness (QED) is 0.867. The largest absolute Gasteiger partial charge is 0.493 e. The third kappa shape index (κ3) is 2.19. The molecule has 0 bridgehead atoms. The van der Waals surface area contributed by atoms with E-state index in [0.717, 1.165) is 11.1 Å². The highest BCUT2D eigenvalue weighted by Gasteiger charge is 2.18. The molecule has 1 aromatic carbocycles. The molecule has 0 aliphatic carbocycles. The second-order valence-electron chi connectivity index (χ2n) is 3.42. The first-order valence-corrected chi connectivity index (χ1v) is 5.07. The van der Waals surface area contributed by atoms with Crippen molar-refractivity contribution in [3.05, 3.63) is 22.2 Å². The van der Waals surface area contributed by atoms with Gasteiger partial charge < -0.3 is 15.2 Å². The van der Waals surface area contributed by atoms with Crippen LogP contribution >= 0.6 is 11.6 Å². The van der Waals surface area contributed by atoms with Gasteiger partial charge in [0.15, 0.2) is 11.5 Å². The normalized spacial score (nSPS) is 12.4. The minimum atomic E-state index is -0.146. The summed E-state index contributed by atoms with van der Waals surface area (Å²) in [5.41, 5.74) is 7.71. The molecule has 0 heterocycles. The van der Waals surface area contributed by atoms with Crippen LogP contribution in [0, 0.1) is 6.92 Å². The molecule has 4 heteroatoms. The van der Waals surface area contributed by atoms with Crippen molar-refractivity contribution < 1.29 is 9.47 Å². The molecule has 0 aliphatic heterocycles. The lowest BCUT2D eigenvalue weighted by Crippen LogP contribution is -2.10. The van der Waals surface area contributed by atoms with Crippen molar-refractivity contribution in [1.29, 1.82) is 0 Å². The van der Waals surface area contributed by atoms with Gasteiger partial charge in [-0.1, -0.05) is 11.6 Å². The molecule has 3 nitrogen and oxygen atoms in total. The molecular weight excluding hydrogens is 214 g/mol. The van der Waals surface area contributed by atoms with E-state index in [1.54, 1.807) is 20.3 Å². The maximum atomic E-state index is 6.08. The minimum absolute atomic E-state index is 0.146. The standard InChI is InChI=1S/C11H16ClNO2/c1-6-8(12)5-9(14-3)11(15-4)10(6)7(2)13/h5,7H,13H2,1-4H3. The molecule has 0 saturated carbocycles. The Morgan fingerprint density at radius 3 is 2.33 bits per heavy atom. The maximum absolute atomic E-state index is 6.08. The van der Waals surface area contributed by atoms with Crippen molar-refractivity contribution in [2.75, 3.05) is 14.2 Å². The van der Waals surface area contributed by atoms with Gasteiger partial charge in [-0.2, -0.15) is 0 Å². The molecule has 0 radical (unpaired) electrons. The summed E-state index contributed by atoms with van der Waals surface area (Å²) in [4.78, 5) is 0. The zero-order valence-corrected chi connectivity index (χ0v) is 10.2. The lowest BCUT2D eigenvalue weighted by molar-refractivity contribution is 0.349. The third-order valence-electron chi connectivity index (χ3n) is 2.37. The van der Waals surface area contributed by atoms with E-state index in [0.29, 0.717) is 16.5 Å². The molecule has 1 rings (SSSR count). The Hall–Kier alpha value is -0.930. The van der Waals surface area contributed by atoms with Crippen molar-refractivity contribution in [3.8, 4) is 11.5 Å². The van der Waals surface area contributed by atoms with Crippen LogP contribution in [-0.4, -0.2) is 14.2 Å². The molecule has 2 N–H and O–H groups in total. The van der Waals surface area contributed by atoms with Crippen molar-refractivity contribution in [2.24, 2.45) is 5.73 Å². The molecule has 1 aromatic rings. The molecule has 15 heavy (non-hydrogen) atoms. The predicted molar refractivity (Wildman–Crippen MR) is 61.9 cm³/mol. The highest BCUT2D eigenvalue weighted by atomic mass is 35.5. The second kappa shape index (κ2) is 4.73. The van der Waals surface area contributed by atoms with Crippen LogP contribution in [0.4, 0.5) is 0 Å². The fourth-order valence-corrected chi connectivity index (χ4v) is 1.83. The van der Waals surface area contributed by atoms with Gasteiger partial charge in [-0.15, -0.1) is 0 Å². The average Bonchev–Trinajstić information content (AvgIpc) is 2.20. The average molecular weight is 230 g/mol.